The van der Waals surface area contributed by atoms with Crippen molar-refractivity contribution in [2.24, 2.45) is 0 Å². The second kappa shape index (κ2) is 8.15. The molecule has 1 unspecified atom stereocenters. The topological polar surface area (TPSA) is 82.8 Å². The molecule has 0 aliphatic rings. The lowest BCUT2D eigenvalue weighted by molar-refractivity contribution is -0.115. The summed E-state index contributed by atoms with van der Waals surface area (Å²) in [5, 5.41) is 12.4. The van der Waals surface area contributed by atoms with Crippen molar-refractivity contribution in [2.75, 3.05) is 5.32 Å². The molecule has 1 amide bonds. The summed E-state index contributed by atoms with van der Waals surface area (Å²) in [4.78, 5) is 28.3. The minimum absolute atomic E-state index is 0.0213. The monoisotopic (exact) mass is 367 g/mol. The van der Waals surface area contributed by atoms with Crippen LogP contribution in [-0.4, -0.2) is 21.9 Å². The van der Waals surface area contributed by atoms with Crippen molar-refractivity contribution in [1.29, 1.82) is 5.26 Å². The maximum absolute atomic E-state index is 12.5. The Morgan fingerprint density at radius 1 is 1.15 bits per heavy atom. The lowest BCUT2D eigenvalue weighted by atomic mass is 10.1. The van der Waals surface area contributed by atoms with E-state index < -0.39 is 5.25 Å². The third kappa shape index (κ3) is 4.30. The fourth-order valence-corrected chi connectivity index (χ4v) is 3.39. The number of nitrogens with one attached hydrogen (secondary N) is 1. The quantitative estimate of drug-likeness (QED) is 0.632. The van der Waals surface area contributed by atoms with E-state index in [2.05, 4.69) is 16.4 Å². The van der Waals surface area contributed by atoms with Crippen LogP contribution in [0, 0.1) is 32.1 Å². The number of nitrogens with zero attached hydrogens (tertiary/aromatic N) is 2. The Morgan fingerprint density at radius 3 is 2.31 bits per heavy atom. The van der Waals surface area contributed by atoms with Crippen LogP contribution in [0.4, 0.5) is 5.69 Å². The van der Waals surface area contributed by atoms with Crippen molar-refractivity contribution < 1.29 is 9.59 Å². The predicted molar refractivity (Wildman–Crippen MR) is 104 cm³/mol. The minimum atomic E-state index is -0.427. The van der Waals surface area contributed by atoms with Gasteiger partial charge in [-0.2, -0.15) is 5.26 Å². The summed E-state index contributed by atoms with van der Waals surface area (Å²) in [6, 6.07) is 8.95. The number of amides is 1. The molecule has 0 radical (unpaired) electrons. The Balaban J connectivity index is 2.15. The van der Waals surface area contributed by atoms with Crippen molar-refractivity contribution in [3.63, 3.8) is 0 Å². The summed E-state index contributed by atoms with van der Waals surface area (Å²) in [5.41, 5.74) is 4.49. The molecule has 1 N–H and O–H groups in total. The van der Waals surface area contributed by atoms with Crippen molar-refractivity contribution in [3.05, 3.63) is 52.2 Å². The fraction of sp³-hybridized carbons (Fsp3) is 0.300. The number of carbonyl (C=O) groups excluding carboxylic acids is 2. The zero-order valence-corrected chi connectivity index (χ0v) is 16.3. The molecule has 0 saturated heterocycles. The number of Topliss-reactive ketones (excluding diaryl/α,β-unsaturated/α-hetero) is 1. The van der Waals surface area contributed by atoms with Gasteiger partial charge in [0.15, 0.2) is 5.78 Å². The highest BCUT2D eigenvalue weighted by molar-refractivity contribution is 8.00. The number of aromatic nitrogens is 1. The molecular formula is C20H21N3O2S. The van der Waals surface area contributed by atoms with Crippen LogP contribution in [0.5, 0.6) is 0 Å². The molecule has 6 heteroatoms. The third-order valence-corrected chi connectivity index (χ3v) is 5.38. The first-order chi connectivity index (χ1) is 12.2. The van der Waals surface area contributed by atoms with Crippen LogP contribution in [0.15, 0.2) is 29.3 Å². The van der Waals surface area contributed by atoms with Gasteiger partial charge in [-0.15, -0.1) is 0 Å². The molecule has 1 aromatic heterocycles. The van der Waals surface area contributed by atoms with Crippen LogP contribution in [0.25, 0.3) is 0 Å². The SMILES string of the molecule is CC(=O)c1ccc(NC(=O)C(C)Sc2nc(C)c(C)c(C)c2C#N)cc1. The van der Waals surface area contributed by atoms with Crippen LogP contribution < -0.4 is 5.32 Å². The number of ketones is 1. The molecule has 0 bridgehead atoms. The Labute approximate surface area is 157 Å². The number of benzene rings is 1. The fourth-order valence-electron chi connectivity index (χ4n) is 2.38. The van der Waals surface area contributed by atoms with Crippen LogP contribution >= 0.6 is 11.8 Å². The summed E-state index contributed by atoms with van der Waals surface area (Å²) in [6.07, 6.45) is 0. The Bertz CT molecular complexity index is 899. The van der Waals surface area contributed by atoms with Crippen LogP contribution in [0.1, 0.15) is 46.6 Å². The van der Waals surface area contributed by atoms with Gasteiger partial charge in [0, 0.05) is 16.9 Å². The molecule has 1 heterocycles. The largest absolute Gasteiger partial charge is 0.325 e. The molecule has 5 nitrogen and oxygen atoms in total. The van der Waals surface area contributed by atoms with E-state index in [0.29, 0.717) is 21.8 Å². The molecule has 26 heavy (non-hydrogen) atoms. The van der Waals surface area contributed by atoms with Crippen molar-refractivity contribution in [1.82, 2.24) is 4.98 Å². The Morgan fingerprint density at radius 2 is 1.77 bits per heavy atom. The van der Waals surface area contributed by atoms with Gasteiger partial charge < -0.3 is 5.32 Å². The van der Waals surface area contributed by atoms with E-state index >= 15 is 0 Å². The first-order valence-corrected chi connectivity index (χ1v) is 9.09. The minimum Gasteiger partial charge on any atom is -0.325 e. The third-order valence-electron chi connectivity index (χ3n) is 4.29. The number of carbonyl (C=O) groups is 2. The van der Waals surface area contributed by atoms with E-state index in [1.807, 2.05) is 20.8 Å². The molecule has 1 atom stereocenters. The van der Waals surface area contributed by atoms with Gasteiger partial charge in [0.2, 0.25) is 5.91 Å². The summed E-state index contributed by atoms with van der Waals surface area (Å²) in [5.74, 6) is -0.209. The van der Waals surface area contributed by atoms with Gasteiger partial charge in [0.1, 0.15) is 11.1 Å². The summed E-state index contributed by atoms with van der Waals surface area (Å²) < 4.78 is 0. The van der Waals surface area contributed by atoms with E-state index in [9.17, 15) is 14.9 Å². The first-order valence-electron chi connectivity index (χ1n) is 8.21. The van der Waals surface area contributed by atoms with Crippen LogP contribution in [0.2, 0.25) is 0 Å². The lowest BCUT2D eigenvalue weighted by Gasteiger charge is -2.15. The number of hydrogen-bond acceptors (Lipinski definition) is 5. The molecule has 0 aliphatic carbocycles. The Hall–Kier alpha value is -2.65. The summed E-state index contributed by atoms with van der Waals surface area (Å²) in [6.45, 7) is 9.01. The predicted octanol–water partition coefficient (Wildman–Crippen LogP) is 4.20. The number of pyridine rings is 1. The standard InChI is InChI=1S/C20H21N3O2S/c1-11-12(2)18(10-21)20(22-13(11)3)26-15(5)19(25)23-17-8-6-16(7-9-17)14(4)24/h6-9,15H,1-5H3,(H,23,25). The van der Waals surface area contributed by atoms with Gasteiger partial charge in [-0.1, -0.05) is 11.8 Å². The number of nitriles is 1. The van der Waals surface area contributed by atoms with E-state index in [1.54, 1.807) is 31.2 Å². The summed E-state index contributed by atoms with van der Waals surface area (Å²) >= 11 is 1.27. The molecule has 134 valence electrons. The smallest absolute Gasteiger partial charge is 0.237 e. The van der Waals surface area contributed by atoms with Crippen LogP contribution in [0.3, 0.4) is 0 Å². The van der Waals surface area contributed by atoms with Gasteiger partial charge in [0.05, 0.1) is 10.8 Å². The molecule has 2 aromatic rings. The van der Waals surface area contributed by atoms with E-state index in [1.165, 1.54) is 18.7 Å². The van der Waals surface area contributed by atoms with Gasteiger partial charge in [-0.3, -0.25) is 9.59 Å². The van der Waals surface area contributed by atoms with E-state index in [-0.39, 0.29) is 11.7 Å². The molecule has 1 aromatic carbocycles. The van der Waals surface area contributed by atoms with Gasteiger partial charge in [-0.05, 0) is 70.0 Å². The highest BCUT2D eigenvalue weighted by Crippen LogP contribution is 2.29. The lowest BCUT2D eigenvalue weighted by Crippen LogP contribution is -2.22. The van der Waals surface area contributed by atoms with Gasteiger partial charge >= 0.3 is 0 Å². The number of anilines is 1. The number of hydrogen-bond donors (Lipinski definition) is 1. The summed E-state index contributed by atoms with van der Waals surface area (Å²) in [7, 11) is 0. The van der Waals surface area contributed by atoms with Crippen LogP contribution in [-0.2, 0) is 4.79 Å². The van der Waals surface area contributed by atoms with Crippen molar-refractivity contribution in [2.45, 2.75) is 44.9 Å². The molecule has 0 spiro atoms. The second-order valence-electron chi connectivity index (χ2n) is 6.12. The number of thioether (sulfide) groups is 1. The maximum Gasteiger partial charge on any atom is 0.237 e. The molecule has 0 fully saturated rings. The van der Waals surface area contributed by atoms with Gasteiger partial charge in [0.25, 0.3) is 0 Å². The van der Waals surface area contributed by atoms with Gasteiger partial charge in [-0.25, -0.2) is 4.98 Å². The van der Waals surface area contributed by atoms with Crippen molar-refractivity contribution in [3.8, 4) is 6.07 Å². The molecule has 0 saturated carbocycles. The highest BCUT2D eigenvalue weighted by Gasteiger charge is 2.20. The zero-order valence-electron chi connectivity index (χ0n) is 15.5. The van der Waals surface area contributed by atoms with E-state index in [4.69, 9.17) is 0 Å². The Kier molecular flexibility index (Phi) is 6.17. The molecular weight excluding hydrogens is 346 g/mol. The first kappa shape index (κ1) is 19.7. The molecule has 0 aliphatic heterocycles. The van der Waals surface area contributed by atoms with E-state index in [0.717, 1.165) is 16.8 Å². The second-order valence-corrected chi connectivity index (χ2v) is 7.45. The number of rotatable bonds is 5. The normalized spacial score (nSPS) is 11.5. The highest BCUT2D eigenvalue weighted by atomic mass is 32.2. The van der Waals surface area contributed by atoms with Crippen molar-refractivity contribution >= 4 is 29.1 Å². The average Bonchev–Trinajstić information content (AvgIpc) is 2.60. The number of aryl methyl sites for hydroxylation is 1. The average molecular weight is 367 g/mol. The zero-order chi connectivity index (χ0) is 19.4. The molecule has 2 rings (SSSR count). The maximum atomic E-state index is 12.5.